The Balaban J connectivity index is 2.39. The van der Waals surface area contributed by atoms with Crippen molar-refractivity contribution in [2.45, 2.75) is 32.7 Å². The molecule has 1 fully saturated rings. The standard InChI is InChI=1S/C15H28N4O2/c1-4-7-17-15(21)18-14(20)11-19(12(2)3)10-13-6-5-8-16-9-13/h4,12-13,16H,1,5-11H2,2-3H3,(H2,17,18,20,21). The molecule has 0 aromatic rings. The van der Waals surface area contributed by atoms with Crippen LogP contribution in [0, 0.1) is 5.92 Å². The van der Waals surface area contributed by atoms with E-state index in [1.54, 1.807) is 6.08 Å². The van der Waals surface area contributed by atoms with Crippen LogP contribution >= 0.6 is 0 Å². The zero-order valence-corrected chi connectivity index (χ0v) is 13.2. The minimum atomic E-state index is -0.470. The third kappa shape index (κ3) is 7.24. The van der Waals surface area contributed by atoms with E-state index in [1.165, 1.54) is 12.8 Å². The zero-order chi connectivity index (χ0) is 15.7. The highest BCUT2D eigenvalue weighted by Gasteiger charge is 2.21. The lowest BCUT2D eigenvalue weighted by Gasteiger charge is -2.32. The summed E-state index contributed by atoms with van der Waals surface area (Å²) in [4.78, 5) is 25.5. The highest BCUT2D eigenvalue weighted by atomic mass is 16.2. The van der Waals surface area contributed by atoms with Crippen molar-refractivity contribution >= 4 is 11.9 Å². The minimum absolute atomic E-state index is 0.246. The van der Waals surface area contributed by atoms with Gasteiger partial charge in [0.25, 0.3) is 0 Å². The molecular formula is C15H28N4O2. The van der Waals surface area contributed by atoms with Crippen LogP contribution in [-0.2, 0) is 4.79 Å². The second kappa shape index (κ2) is 9.52. The molecule has 3 N–H and O–H groups in total. The molecule has 1 rings (SSSR count). The Morgan fingerprint density at radius 3 is 2.81 bits per heavy atom. The average Bonchev–Trinajstić information content (AvgIpc) is 2.45. The van der Waals surface area contributed by atoms with Gasteiger partial charge in [0, 0.05) is 19.1 Å². The average molecular weight is 296 g/mol. The molecule has 1 aliphatic rings. The monoisotopic (exact) mass is 296 g/mol. The Hall–Kier alpha value is -1.40. The van der Waals surface area contributed by atoms with Gasteiger partial charge < -0.3 is 10.6 Å². The van der Waals surface area contributed by atoms with Crippen LogP contribution in [0.2, 0.25) is 0 Å². The van der Waals surface area contributed by atoms with Crippen LogP contribution in [-0.4, -0.2) is 55.6 Å². The summed E-state index contributed by atoms with van der Waals surface area (Å²) in [5.41, 5.74) is 0. The molecule has 1 aliphatic heterocycles. The summed E-state index contributed by atoms with van der Waals surface area (Å²) in [6.07, 6.45) is 3.95. The maximum atomic E-state index is 11.9. The van der Waals surface area contributed by atoms with Crippen LogP contribution in [0.15, 0.2) is 12.7 Å². The third-order valence-corrected chi connectivity index (χ3v) is 3.63. The fourth-order valence-electron chi connectivity index (χ4n) is 2.43. The Kier molecular flexibility index (Phi) is 8.00. The number of piperidine rings is 1. The van der Waals surface area contributed by atoms with Crippen molar-refractivity contribution in [3.63, 3.8) is 0 Å². The van der Waals surface area contributed by atoms with E-state index in [-0.39, 0.29) is 18.5 Å². The van der Waals surface area contributed by atoms with E-state index in [4.69, 9.17) is 0 Å². The Bertz CT molecular complexity index is 352. The summed E-state index contributed by atoms with van der Waals surface area (Å²) in [6.45, 7) is 11.2. The van der Waals surface area contributed by atoms with Gasteiger partial charge in [0.1, 0.15) is 0 Å². The van der Waals surface area contributed by atoms with Gasteiger partial charge in [-0.2, -0.15) is 0 Å². The van der Waals surface area contributed by atoms with Crippen LogP contribution in [0.25, 0.3) is 0 Å². The molecule has 1 atom stereocenters. The predicted octanol–water partition coefficient (Wildman–Crippen LogP) is 0.708. The molecule has 21 heavy (non-hydrogen) atoms. The van der Waals surface area contributed by atoms with E-state index in [2.05, 4.69) is 41.3 Å². The van der Waals surface area contributed by atoms with Crippen LogP contribution < -0.4 is 16.0 Å². The summed E-state index contributed by atoms with van der Waals surface area (Å²) in [6, 6.07) is -0.197. The Labute approximate surface area is 127 Å². The third-order valence-electron chi connectivity index (χ3n) is 3.63. The number of rotatable bonds is 7. The van der Waals surface area contributed by atoms with Crippen molar-refractivity contribution in [1.82, 2.24) is 20.9 Å². The summed E-state index contributed by atoms with van der Waals surface area (Å²) >= 11 is 0. The summed E-state index contributed by atoms with van der Waals surface area (Å²) < 4.78 is 0. The number of nitrogens with zero attached hydrogens (tertiary/aromatic N) is 1. The van der Waals surface area contributed by atoms with Crippen molar-refractivity contribution in [1.29, 1.82) is 0 Å². The highest BCUT2D eigenvalue weighted by Crippen LogP contribution is 2.13. The minimum Gasteiger partial charge on any atom is -0.334 e. The maximum Gasteiger partial charge on any atom is 0.321 e. The molecular weight excluding hydrogens is 268 g/mol. The number of nitrogens with one attached hydrogen (secondary N) is 3. The summed E-state index contributed by atoms with van der Waals surface area (Å²) in [5.74, 6) is 0.303. The number of hydrogen-bond donors (Lipinski definition) is 3. The van der Waals surface area contributed by atoms with Gasteiger partial charge in [0.2, 0.25) is 5.91 Å². The molecule has 6 nitrogen and oxygen atoms in total. The zero-order valence-electron chi connectivity index (χ0n) is 13.2. The second-order valence-electron chi connectivity index (χ2n) is 5.78. The number of amides is 3. The van der Waals surface area contributed by atoms with Gasteiger partial charge in [-0.3, -0.25) is 15.0 Å². The number of urea groups is 1. The van der Waals surface area contributed by atoms with E-state index < -0.39 is 6.03 Å². The van der Waals surface area contributed by atoms with Crippen LogP contribution in [0.4, 0.5) is 4.79 Å². The molecule has 1 heterocycles. The lowest BCUT2D eigenvalue weighted by atomic mass is 9.98. The van der Waals surface area contributed by atoms with Crippen molar-refractivity contribution in [3.05, 3.63) is 12.7 Å². The van der Waals surface area contributed by atoms with Gasteiger partial charge in [0.05, 0.1) is 6.54 Å². The molecule has 120 valence electrons. The first kappa shape index (κ1) is 17.7. The highest BCUT2D eigenvalue weighted by molar-refractivity contribution is 5.95. The first-order valence-corrected chi connectivity index (χ1v) is 7.66. The lowest BCUT2D eigenvalue weighted by molar-refractivity contribution is -0.121. The quantitative estimate of drug-likeness (QED) is 0.605. The molecule has 0 aromatic heterocycles. The first-order valence-electron chi connectivity index (χ1n) is 7.66. The first-order chi connectivity index (χ1) is 10.0. The molecule has 0 spiro atoms. The largest absolute Gasteiger partial charge is 0.334 e. The van der Waals surface area contributed by atoms with Gasteiger partial charge >= 0.3 is 6.03 Å². The van der Waals surface area contributed by atoms with E-state index in [0.717, 1.165) is 19.6 Å². The molecule has 0 aromatic carbocycles. The fourth-order valence-corrected chi connectivity index (χ4v) is 2.43. The lowest BCUT2D eigenvalue weighted by Crippen LogP contribution is -2.48. The predicted molar refractivity (Wildman–Crippen MR) is 84.0 cm³/mol. The van der Waals surface area contributed by atoms with Crippen molar-refractivity contribution in [3.8, 4) is 0 Å². The van der Waals surface area contributed by atoms with Crippen LogP contribution in [0.5, 0.6) is 0 Å². The summed E-state index contributed by atoms with van der Waals surface area (Å²) in [5, 5.41) is 8.26. The number of carbonyl (C=O) groups is 2. The molecule has 3 amide bonds. The molecule has 6 heteroatoms. The fraction of sp³-hybridized carbons (Fsp3) is 0.733. The van der Waals surface area contributed by atoms with E-state index in [0.29, 0.717) is 12.5 Å². The van der Waals surface area contributed by atoms with Crippen molar-refractivity contribution in [2.75, 3.05) is 32.7 Å². The molecule has 1 saturated heterocycles. The molecule has 1 unspecified atom stereocenters. The van der Waals surface area contributed by atoms with E-state index in [9.17, 15) is 9.59 Å². The normalized spacial score (nSPS) is 18.6. The molecule has 0 radical (unpaired) electrons. The molecule has 0 aliphatic carbocycles. The van der Waals surface area contributed by atoms with Gasteiger partial charge in [-0.15, -0.1) is 6.58 Å². The molecule has 0 bridgehead atoms. The number of imide groups is 1. The Morgan fingerprint density at radius 2 is 2.24 bits per heavy atom. The van der Waals surface area contributed by atoms with Crippen molar-refractivity contribution < 1.29 is 9.59 Å². The van der Waals surface area contributed by atoms with Gasteiger partial charge in [-0.25, -0.2) is 4.79 Å². The van der Waals surface area contributed by atoms with Crippen LogP contribution in [0.1, 0.15) is 26.7 Å². The Morgan fingerprint density at radius 1 is 1.48 bits per heavy atom. The van der Waals surface area contributed by atoms with E-state index in [1.807, 2.05) is 0 Å². The smallest absolute Gasteiger partial charge is 0.321 e. The van der Waals surface area contributed by atoms with Crippen LogP contribution in [0.3, 0.4) is 0 Å². The van der Waals surface area contributed by atoms with E-state index >= 15 is 0 Å². The SMILES string of the molecule is C=CCNC(=O)NC(=O)CN(CC1CCCNC1)C(C)C. The van der Waals surface area contributed by atoms with Gasteiger partial charge in [-0.1, -0.05) is 6.08 Å². The maximum absolute atomic E-state index is 11.9. The van der Waals surface area contributed by atoms with Crippen molar-refractivity contribution in [2.24, 2.45) is 5.92 Å². The van der Waals surface area contributed by atoms with Gasteiger partial charge in [-0.05, 0) is 45.7 Å². The number of hydrogen-bond acceptors (Lipinski definition) is 4. The number of carbonyl (C=O) groups excluding carboxylic acids is 2. The second-order valence-corrected chi connectivity index (χ2v) is 5.78. The summed E-state index contributed by atoms with van der Waals surface area (Å²) in [7, 11) is 0. The topological polar surface area (TPSA) is 73.5 Å². The molecule has 0 saturated carbocycles. The van der Waals surface area contributed by atoms with Gasteiger partial charge in [0.15, 0.2) is 0 Å².